The lowest BCUT2D eigenvalue weighted by Gasteiger charge is -2.34. The highest BCUT2D eigenvalue weighted by Gasteiger charge is 2.33. The van der Waals surface area contributed by atoms with Crippen molar-refractivity contribution in [1.29, 1.82) is 0 Å². The number of nitrogens with zero attached hydrogens (tertiary/aromatic N) is 3. The first-order valence-electron chi connectivity index (χ1n) is 11.9. The van der Waals surface area contributed by atoms with Gasteiger partial charge in [-0.1, -0.05) is 17.7 Å². The first-order valence-corrected chi connectivity index (χ1v) is 14.6. The number of thiophene rings is 1. The molecule has 2 aromatic heterocycles. The van der Waals surface area contributed by atoms with Crippen molar-refractivity contribution < 1.29 is 27.1 Å². The van der Waals surface area contributed by atoms with Crippen LogP contribution in [-0.4, -0.2) is 87.9 Å². The van der Waals surface area contributed by atoms with Gasteiger partial charge in [-0.15, -0.1) is 11.3 Å². The number of aromatic nitrogens is 1. The van der Waals surface area contributed by atoms with E-state index in [4.69, 9.17) is 16.3 Å². The van der Waals surface area contributed by atoms with Crippen molar-refractivity contribution in [3.05, 3.63) is 63.7 Å². The summed E-state index contributed by atoms with van der Waals surface area (Å²) in [6.07, 6.45) is 1.49. The van der Waals surface area contributed by atoms with E-state index in [2.05, 4.69) is 15.0 Å². The molecule has 2 amide bonds. The summed E-state index contributed by atoms with van der Waals surface area (Å²) in [7, 11) is -1.35. The number of benzene rings is 1. The van der Waals surface area contributed by atoms with Crippen LogP contribution in [0.2, 0.25) is 4.34 Å². The first-order chi connectivity index (χ1) is 18.6. The van der Waals surface area contributed by atoms with Crippen molar-refractivity contribution in [2.45, 2.75) is 10.9 Å². The molecule has 3 heterocycles. The number of hydrogen-bond acceptors (Lipinski definition) is 8. The van der Waals surface area contributed by atoms with E-state index in [0.717, 1.165) is 23.5 Å². The minimum atomic E-state index is -4.53. The van der Waals surface area contributed by atoms with Gasteiger partial charge in [0.05, 0.1) is 22.0 Å². The number of piperazine rings is 1. The highest BCUT2D eigenvalue weighted by atomic mass is 35.5. The maximum absolute atomic E-state index is 14.7. The Morgan fingerprint density at radius 2 is 1.92 bits per heavy atom. The van der Waals surface area contributed by atoms with Crippen molar-refractivity contribution >= 4 is 44.8 Å². The fourth-order valence-electron chi connectivity index (χ4n) is 4.09. The third-order valence-electron chi connectivity index (χ3n) is 6.13. The summed E-state index contributed by atoms with van der Waals surface area (Å²) in [6, 6.07) is 8.59. The molecule has 1 saturated heterocycles. The molecule has 4 rings (SSSR count). The highest BCUT2D eigenvalue weighted by molar-refractivity contribution is 7.89. The molecular weight excluding hydrogens is 569 g/mol. The lowest BCUT2D eigenvalue weighted by molar-refractivity contribution is -0.134. The van der Waals surface area contributed by atoms with Gasteiger partial charge in [-0.25, -0.2) is 12.8 Å². The predicted molar refractivity (Wildman–Crippen MR) is 146 cm³/mol. The van der Waals surface area contributed by atoms with Gasteiger partial charge in [0.25, 0.3) is 5.91 Å². The van der Waals surface area contributed by atoms with E-state index in [1.807, 2.05) is 11.9 Å². The van der Waals surface area contributed by atoms with Gasteiger partial charge in [0.15, 0.2) is 0 Å². The average Bonchev–Trinajstić information content (AvgIpc) is 3.37. The van der Waals surface area contributed by atoms with Crippen LogP contribution in [0.25, 0.3) is 11.3 Å². The SMILES string of the molecule is COc1c(-c2ccccn2)cc(F)cc1S(=O)(=O)N[C@@H](CNC(=O)c1ccc(Cl)s1)C(=O)N1CCN(C)CC1. The van der Waals surface area contributed by atoms with Crippen LogP contribution < -0.4 is 14.8 Å². The highest BCUT2D eigenvalue weighted by Crippen LogP contribution is 2.36. The van der Waals surface area contributed by atoms with Gasteiger partial charge in [0, 0.05) is 44.5 Å². The standard InChI is InChI=1S/C25H27ClFN5O5S2/c1-31-9-11-32(12-10-31)25(34)19(15-29-24(33)20-6-7-22(26)38-20)30-39(35,36)21-14-16(27)13-17(23(21)37-2)18-5-3-4-8-28-18/h3-8,13-14,19,30H,9-12,15H2,1-2H3,(H,29,33)/t19-/m0/s1. The van der Waals surface area contributed by atoms with Crippen LogP contribution in [-0.2, 0) is 14.8 Å². The Labute approximate surface area is 234 Å². The molecule has 2 N–H and O–H groups in total. The Kier molecular flexibility index (Phi) is 9.18. The average molecular weight is 596 g/mol. The number of halogens is 2. The van der Waals surface area contributed by atoms with E-state index in [-0.39, 0.29) is 17.9 Å². The molecular formula is C25H27ClFN5O5S2. The van der Waals surface area contributed by atoms with Gasteiger partial charge < -0.3 is 19.9 Å². The molecule has 0 unspecified atom stereocenters. The summed E-state index contributed by atoms with van der Waals surface area (Å²) in [4.78, 5) is 33.7. The zero-order valence-corrected chi connectivity index (χ0v) is 23.6. The summed E-state index contributed by atoms with van der Waals surface area (Å²) < 4.78 is 50.1. The zero-order valence-electron chi connectivity index (χ0n) is 21.2. The van der Waals surface area contributed by atoms with Crippen molar-refractivity contribution in [3.8, 4) is 17.0 Å². The molecule has 39 heavy (non-hydrogen) atoms. The molecule has 10 nitrogen and oxygen atoms in total. The molecule has 0 bridgehead atoms. The lowest BCUT2D eigenvalue weighted by Crippen LogP contribution is -2.57. The van der Waals surface area contributed by atoms with Crippen molar-refractivity contribution in [1.82, 2.24) is 24.8 Å². The number of methoxy groups -OCH3 is 1. The monoisotopic (exact) mass is 595 g/mol. The van der Waals surface area contributed by atoms with Crippen LogP contribution in [0.15, 0.2) is 53.6 Å². The number of hydrogen-bond donors (Lipinski definition) is 2. The summed E-state index contributed by atoms with van der Waals surface area (Å²) >= 11 is 6.97. The van der Waals surface area contributed by atoms with Crippen LogP contribution in [0, 0.1) is 5.82 Å². The van der Waals surface area contributed by atoms with Gasteiger partial charge >= 0.3 is 0 Å². The summed E-state index contributed by atoms with van der Waals surface area (Å²) in [5, 5.41) is 2.61. The topological polar surface area (TPSA) is 121 Å². The molecule has 0 radical (unpaired) electrons. The van der Waals surface area contributed by atoms with E-state index < -0.39 is 38.6 Å². The van der Waals surface area contributed by atoms with Crippen LogP contribution in [0.5, 0.6) is 5.75 Å². The summed E-state index contributed by atoms with van der Waals surface area (Å²) in [5.74, 6) is -1.99. The second-order valence-corrected chi connectivity index (χ2v) is 12.2. The van der Waals surface area contributed by atoms with Crippen molar-refractivity contribution in [3.63, 3.8) is 0 Å². The molecule has 1 aromatic carbocycles. The van der Waals surface area contributed by atoms with Gasteiger partial charge in [-0.05, 0) is 43.4 Å². The molecule has 1 aliphatic rings. The van der Waals surface area contributed by atoms with Crippen molar-refractivity contribution in [2.75, 3.05) is 46.9 Å². The molecule has 208 valence electrons. The number of ether oxygens (including phenoxy) is 1. The van der Waals surface area contributed by atoms with E-state index >= 15 is 0 Å². The largest absolute Gasteiger partial charge is 0.495 e. The number of carbonyl (C=O) groups is 2. The second kappa shape index (κ2) is 12.4. The van der Waals surface area contributed by atoms with Gasteiger partial charge in [0.2, 0.25) is 15.9 Å². The fraction of sp³-hybridized carbons (Fsp3) is 0.320. The molecule has 3 aromatic rings. The minimum absolute atomic E-state index is 0.128. The zero-order chi connectivity index (χ0) is 28.2. The number of sulfonamides is 1. The second-order valence-electron chi connectivity index (χ2n) is 8.82. The molecule has 1 atom stereocenters. The Morgan fingerprint density at radius 1 is 1.18 bits per heavy atom. The maximum atomic E-state index is 14.7. The predicted octanol–water partition coefficient (Wildman–Crippen LogP) is 2.46. The van der Waals surface area contributed by atoms with Crippen LogP contribution in [0.1, 0.15) is 9.67 Å². The van der Waals surface area contributed by atoms with E-state index in [1.54, 1.807) is 24.3 Å². The van der Waals surface area contributed by atoms with E-state index in [0.29, 0.717) is 41.1 Å². The van der Waals surface area contributed by atoms with Crippen LogP contribution in [0.4, 0.5) is 4.39 Å². The Morgan fingerprint density at radius 3 is 2.54 bits per heavy atom. The van der Waals surface area contributed by atoms with Gasteiger partial charge in [-0.3, -0.25) is 14.6 Å². The number of pyridine rings is 1. The fourth-order valence-corrected chi connectivity index (χ4v) is 6.44. The molecule has 0 saturated carbocycles. The van der Waals surface area contributed by atoms with Crippen molar-refractivity contribution in [2.24, 2.45) is 0 Å². The molecule has 0 spiro atoms. The molecule has 1 aliphatic heterocycles. The minimum Gasteiger partial charge on any atom is -0.495 e. The number of carbonyl (C=O) groups excluding carboxylic acids is 2. The third kappa shape index (κ3) is 6.92. The van der Waals surface area contributed by atoms with Gasteiger partial charge in [0.1, 0.15) is 22.5 Å². The summed E-state index contributed by atoms with van der Waals surface area (Å²) in [5.41, 5.74) is 0.431. The normalized spacial score (nSPS) is 15.1. The quantitative estimate of drug-likeness (QED) is 0.390. The first kappa shape index (κ1) is 28.9. The smallest absolute Gasteiger partial charge is 0.261 e. The molecule has 1 fully saturated rings. The Hall–Kier alpha value is -3.10. The van der Waals surface area contributed by atoms with Crippen LogP contribution in [0.3, 0.4) is 0 Å². The number of amides is 2. The maximum Gasteiger partial charge on any atom is 0.261 e. The molecule has 14 heteroatoms. The molecule has 0 aliphatic carbocycles. The number of rotatable bonds is 9. The lowest BCUT2D eigenvalue weighted by atomic mass is 10.1. The number of nitrogens with one attached hydrogen (secondary N) is 2. The van der Waals surface area contributed by atoms with Crippen LogP contribution >= 0.6 is 22.9 Å². The third-order valence-corrected chi connectivity index (χ3v) is 8.84. The Balaban J connectivity index is 1.65. The number of likely N-dealkylation sites (N-methyl/N-ethyl adjacent to an activating group) is 1. The Bertz CT molecular complexity index is 1450. The summed E-state index contributed by atoms with van der Waals surface area (Å²) in [6.45, 7) is 1.64. The van der Waals surface area contributed by atoms with E-state index in [1.165, 1.54) is 24.3 Å². The van der Waals surface area contributed by atoms with E-state index in [9.17, 15) is 22.4 Å². The van der Waals surface area contributed by atoms with Gasteiger partial charge in [-0.2, -0.15) is 4.72 Å².